The van der Waals surface area contributed by atoms with E-state index in [0.29, 0.717) is 23.6 Å². The van der Waals surface area contributed by atoms with Crippen molar-refractivity contribution in [2.24, 2.45) is 0 Å². The molecule has 0 aliphatic rings. The van der Waals surface area contributed by atoms with Gasteiger partial charge in [-0.05, 0) is 38.1 Å². The maximum atomic E-state index is 11.7. The topological polar surface area (TPSA) is 67.9 Å². The molecule has 3 aromatic rings. The predicted octanol–water partition coefficient (Wildman–Crippen LogP) is 4.02. The van der Waals surface area contributed by atoms with Crippen LogP contribution in [0.2, 0.25) is 0 Å². The largest absolute Gasteiger partial charge is 0.462 e. The number of pyridine rings is 1. The maximum Gasteiger partial charge on any atom is 0.339 e. The van der Waals surface area contributed by atoms with Crippen LogP contribution < -0.4 is 0 Å². The van der Waals surface area contributed by atoms with Crippen LogP contribution in [0.25, 0.3) is 16.7 Å². The quantitative estimate of drug-likeness (QED) is 0.683. The molecule has 0 saturated carbocycles. The number of rotatable bonds is 3. The molecule has 24 heavy (non-hydrogen) atoms. The number of esters is 1. The fraction of sp³-hybridized carbons (Fsp3) is 0.211. The van der Waals surface area contributed by atoms with Crippen LogP contribution in [0.4, 0.5) is 0 Å². The van der Waals surface area contributed by atoms with Gasteiger partial charge < -0.3 is 4.74 Å². The molecule has 2 heterocycles. The fourth-order valence-electron chi connectivity index (χ4n) is 2.49. The Morgan fingerprint density at radius 1 is 1.33 bits per heavy atom. The van der Waals surface area contributed by atoms with Gasteiger partial charge in [-0.1, -0.05) is 19.1 Å². The third-order valence-corrected chi connectivity index (χ3v) is 3.59. The Morgan fingerprint density at radius 3 is 2.75 bits per heavy atom. The zero-order chi connectivity index (χ0) is 16.4. The van der Waals surface area contributed by atoms with E-state index in [-0.39, 0.29) is 7.43 Å². The van der Waals surface area contributed by atoms with Gasteiger partial charge in [-0.2, -0.15) is 5.26 Å². The van der Waals surface area contributed by atoms with Crippen molar-refractivity contribution in [1.82, 2.24) is 9.55 Å². The number of hydrogen-bond acceptors (Lipinski definition) is 4. The van der Waals surface area contributed by atoms with Crippen molar-refractivity contribution in [1.29, 1.82) is 5.26 Å². The molecule has 5 nitrogen and oxygen atoms in total. The van der Waals surface area contributed by atoms with Crippen molar-refractivity contribution in [2.45, 2.75) is 21.3 Å². The molecule has 1 aromatic carbocycles. The number of aromatic nitrogens is 2. The van der Waals surface area contributed by atoms with E-state index >= 15 is 0 Å². The molecule has 0 saturated heterocycles. The number of nitrogens with zero attached hydrogens (tertiary/aromatic N) is 3. The summed E-state index contributed by atoms with van der Waals surface area (Å²) in [4.78, 5) is 16.0. The number of carbonyl (C=O) groups excluding carboxylic acids is 1. The number of fused-ring (bicyclic) bond motifs is 1. The standard InChI is InChI=1S/C18H15N3O2.CH4/c1-3-23-18(22)13-5-7-17(20-10-13)21-11-14(9-19)15-8-12(2)4-6-16(15)21;/h4-8,10-11H,3H2,1-2H3;1H4. The molecule has 0 aliphatic carbocycles. The van der Waals surface area contributed by atoms with Gasteiger partial charge in [0.2, 0.25) is 0 Å². The Balaban J connectivity index is 0.00000208. The Kier molecular flexibility index (Phi) is 5.00. The van der Waals surface area contributed by atoms with Crippen molar-refractivity contribution < 1.29 is 9.53 Å². The van der Waals surface area contributed by atoms with Gasteiger partial charge in [0.25, 0.3) is 0 Å². The second-order valence-corrected chi connectivity index (χ2v) is 5.17. The minimum absolute atomic E-state index is 0. The monoisotopic (exact) mass is 321 g/mol. The third-order valence-electron chi connectivity index (χ3n) is 3.59. The van der Waals surface area contributed by atoms with Crippen molar-refractivity contribution in [3.63, 3.8) is 0 Å². The second-order valence-electron chi connectivity index (χ2n) is 5.17. The summed E-state index contributed by atoms with van der Waals surface area (Å²) in [6.45, 7) is 4.08. The molecule has 0 fully saturated rings. The Hall–Kier alpha value is -3.13. The molecule has 0 spiro atoms. The van der Waals surface area contributed by atoms with Crippen molar-refractivity contribution >= 4 is 16.9 Å². The van der Waals surface area contributed by atoms with Crippen LogP contribution in [0.15, 0.2) is 42.7 Å². The fourth-order valence-corrected chi connectivity index (χ4v) is 2.49. The molecule has 3 rings (SSSR count). The van der Waals surface area contributed by atoms with Crippen molar-refractivity contribution in [3.05, 3.63) is 59.4 Å². The first-order valence-corrected chi connectivity index (χ1v) is 7.29. The van der Waals surface area contributed by atoms with E-state index in [1.54, 1.807) is 25.3 Å². The van der Waals surface area contributed by atoms with E-state index in [9.17, 15) is 10.1 Å². The minimum atomic E-state index is -0.391. The van der Waals surface area contributed by atoms with E-state index < -0.39 is 5.97 Å². The molecule has 0 atom stereocenters. The highest BCUT2D eigenvalue weighted by atomic mass is 16.5. The van der Waals surface area contributed by atoms with Gasteiger partial charge in [-0.25, -0.2) is 9.78 Å². The Bertz CT molecular complexity index is 918. The van der Waals surface area contributed by atoms with Gasteiger partial charge in [0.05, 0.1) is 23.3 Å². The van der Waals surface area contributed by atoms with Crippen LogP contribution in [0, 0.1) is 18.3 Å². The number of ether oxygens (including phenoxy) is 1. The first kappa shape index (κ1) is 17.2. The van der Waals surface area contributed by atoms with Crippen LogP contribution in [-0.2, 0) is 4.74 Å². The number of hydrogen-bond donors (Lipinski definition) is 0. The third kappa shape index (κ3) is 2.99. The van der Waals surface area contributed by atoms with E-state index in [1.807, 2.05) is 29.7 Å². The van der Waals surface area contributed by atoms with E-state index in [0.717, 1.165) is 16.5 Å². The van der Waals surface area contributed by atoms with Crippen molar-refractivity contribution in [2.75, 3.05) is 6.61 Å². The zero-order valence-electron chi connectivity index (χ0n) is 12.9. The average Bonchev–Trinajstić information content (AvgIpc) is 2.93. The summed E-state index contributed by atoms with van der Waals surface area (Å²) in [5, 5.41) is 10.2. The SMILES string of the molecule is C.CCOC(=O)c1ccc(-n2cc(C#N)c3cc(C)ccc32)nc1. The smallest absolute Gasteiger partial charge is 0.339 e. The van der Waals surface area contributed by atoms with E-state index in [4.69, 9.17) is 4.74 Å². The molecule has 0 unspecified atom stereocenters. The molecule has 2 aromatic heterocycles. The Labute approximate surface area is 141 Å². The van der Waals surface area contributed by atoms with Gasteiger partial charge in [-0.3, -0.25) is 4.57 Å². The molecule has 0 bridgehead atoms. The number of benzene rings is 1. The van der Waals surface area contributed by atoms with Gasteiger partial charge in [0.15, 0.2) is 0 Å². The van der Waals surface area contributed by atoms with Crippen LogP contribution in [-0.4, -0.2) is 22.1 Å². The van der Waals surface area contributed by atoms with Crippen LogP contribution in [0.1, 0.15) is 35.8 Å². The molecular formula is C19H19N3O2. The lowest BCUT2D eigenvalue weighted by Gasteiger charge is -2.06. The van der Waals surface area contributed by atoms with Crippen LogP contribution >= 0.6 is 0 Å². The average molecular weight is 321 g/mol. The molecular weight excluding hydrogens is 302 g/mol. The minimum Gasteiger partial charge on any atom is -0.462 e. The summed E-state index contributed by atoms with van der Waals surface area (Å²) in [5.74, 6) is 0.255. The summed E-state index contributed by atoms with van der Waals surface area (Å²) in [6.07, 6.45) is 3.25. The molecule has 0 aliphatic heterocycles. The van der Waals surface area contributed by atoms with Gasteiger partial charge in [0, 0.05) is 17.8 Å². The van der Waals surface area contributed by atoms with Crippen LogP contribution in [0.5, 0.6) is 0 Å². The lowest BCUT2D eigenvalue weighted by Crippen LogP contribution is -2.06. The second kappa shape index (κ2) is 6.97. The van der Waals surface area contributed by atoms with Crippen molar-refractivity contribution in [3.8, 4) is 11.9 Å². The highest BCUT2D eigenvalue weighted by molar-refractivity contribution is 5.90. The lowest BCUT2D eigenvalue weighted by atomic mass is 10.1. The van der Waals surface area contributed by atoms with Gasteiger partial charge in [-0.15, -0.1) is 0 Å². The first-order chi connectivity index (χ1) is 11.1. The molecule has 0 amide bonds. The highest BCUT2D eigenvalue weighted by Crippen LogP contribution is 2.25. The summed E-state index contributed by atoms with van der Waals surface area (Å²) in [7, 11) is 0. The Morgan fingerprint density at radius 2 is 2.12 bits per heavy atom. The molecule has 0 radical (unpaired) electrons. The maximum absolute atomic E-state index is 11.7. The van der Waals surface area contributed by atoms with Crippen LogP contribution in [0.3, 0.4) is 0 Å². The van der Waals surface area contributed by atoms with Gasteiger partial charge in [0.1, 0.15) is 11.9 Å². The van der Waals surface area contributed by atoms with E-state index in [2.05, 4.69) is 11.1 Å². The number of nitriles is 1. The predicted molar refractivity (Wildman–Crippen MR) is 93.2 cm³/mol. The summed E-state index contributed by atoms with van der Waals surface area (Å²) in [6, 6.07) is 11.6. The highest BCUT2D eigenvalue weighted by Gasteiger charge is 2.12. The molecule has 5 heteroatoms. The first-order valence-electron chi connectivity index (χ1n) is 7.29. The summed E-state index contributed by atoms with van der Waals surface area (Å²) in [5.41, 5.74) is 3.00. The number of carbonyl (C=O) groups is 1. The lowest BCUT2D eigenvalue weighted by molar-refractivity contribution is 0.0526. The summed E-state index contributed by atoms with van der Waals surface area (Å²) >= 11 is 0. The zero-order valence-corrected chi connectivity index (χ0v) is 12.9. The normalized spacial score (nSPS) is 10.0. The number of aryl methyl sites for hydroxylation is 1. The summed E-state index contributed by atoms with van der Waals surface area (Å²) < 4.78 is 6.80. The van der Waals surface area contributed by atoms with Gasteiger partial charge >= 0.3 is 5.97 Å². The molecule has 0 N–H and O–H groups in total. The van der Waals surface area contributed by atoms with E-state index in [1.165, 1.54) is 6.20 Å². The molecule has 122 valence electrons.